The summed E-state index contributed by atoms with van der Waals surface area (Å²) in [7, 11) is 1.95. The van der Waals surface area contributed by atoms with Crippen LogP contribution in [0.15, 0.2) is 18.3 Å². The lowest BCUT2D eigenvalue weighted by Crippen LogP contribution is -2.31. The molecular formula is C13H19N3. The smallest absolute Gasteiger partial charge is 0.130 e. The van der Waals surface area contributed by atoms with E-state index in [0.29, 0.717) is 0 Å². The lowest BCUT2D eigenvalue weighted by molar-refractivity contribution is 0.205. The first-order valence-corrected chi connectivity index (χ1v) is 6.22. The highest BCUT2D eigenvalue weighted by Crippen LogP contribution is 2.38. The molecule has 3 nitrogen and oxygen atoms in total. The highest BCUT2D eigenvalue weighted by molar-refractivity contribution is 5.42. The minimum atomic E-state index is 0.843. The zero-order valence-corrected chi connectivity index (χ0v) is 9.82. The van der Waals surface area contributed by atoms with E-state index in [1.165, 1.54) is 31.4 Å². The molecule has 0 radical (unpaired) electrons. The van der Waals surface area contributed by atoms with Crippen LogP contribution >= 0.6 is 0 Å². The number of likely N-dealkylation sites (tertiary alicyclic amines) is 1. The predicted molar refractivity (Wildman–Crippen MR) is 65.3 cm³/mol. The second-order valence-electron chi connectivity index (χ2n) is 5.02. The Morgan fingerprint density at radius 1 is 1.50 bits per heavy atom. The molecule has 2 heterocycles. The van der Waals surface area contributed by atoms with Crippen molar-refractivity contribution in [1.82, 2.24) is 9.88 Å². The zero-order valence-electron chi connectivity index (χ0n) is 9.82. The summed E-state index contributed by atoms with van der Waals surface area (Å²) in [6.45, 7) is 2.36. The molecule has 0 aromatic carbocycles. The third-order valence-electron chi connectivity index (χ3n) is 4.02. The predicted octanol–water partition coefficient (Wildman–Crippen LogP) is 2.11. The molecule has 2 atom stereocenters. The van der Waals surface area contributed by atoms with Gasteiger partial charge in [-0.25, -0.2) is 4.98 Å². The summed E-state index contributed by atoms with van der Waals surface area (Å²) in [6, 6.07) is 5.06. The van der Waals surface area contributed by atoms with Crippen molar-refractivity contribution in [2.24, 2.45) is 5.92 Å². The molecule has 1 aliphatic heterocycles. The first-order valence-electron chi connectivity index (χ1n) is 6.22. The molecule has 3 rings (SSSR count). The third-order valence-corrected chi connectivity index (χ3v) is 4.02. The Morgan fingerprint density at radius 3 is 3.12 bits per heavy atom. The number of pyridine rings is 1. The topological polar surface area (TPSA) is 28.2 Å². The average molecular weight is 217 g/mol. The quantitative estimate of drug-likeness (QED) is 0.840. The van der Waals surface area contributed by atoms with Crippen LogP contribution in [-0.2, 0) is 6.54 Å². The van der Waals surface area contributed by atoms with Gasteiger partial charge in [0.25, 0.3) is 0 Å². The number of fused-ring (bicyclic) bond motifs is 2. The Bertz CT molecular complexity index is 377. The number of aromatic nitrogens is 1. The minimum Gasteiger partial charge on any atom is -0.373 e. The normalized spacial score (nSPS) is 28.6. The molecule has 0 amide bonds. The molecule has 2 fully saturated rings. The molecule has 1 aromatic rings. The standard InChI is InChI=1S/C13H19N3/c1-14-13-11(3-2-6-15-13)9-16-8-10-4-5-12(16)7-10/h2-3,6,10,12H,4-5,7-9H2,1H3,(H,14,15). The van der Waals surface area contributed by atoms with Crippen LogP contribution < -0.4 is 5.32 Å². The van der Waals surface area contributed by atoms with Gasteiger partial charge in [0, 0.05) is 37.9 Å². The lowest BCUT2D eigenvalue weighted by atomic mass is 10.1. The maximum atomic E-state index is 4.36. The molecule has 1 saturated heterocycles. The second kappa shape index (κ2) is 4.06. The van der Waals surface area contributed by atoms with Crippen LogP contribution in [0.1, 0.15) is 24.8 Å². The van der Waals surface area contributed by atoms with Crippen molar-refractivity contribution in [3.63, 3.8) is 0 Å². The number of hydrogen-bond acceptors (Lipinski definition) is 3. The summed E-state index contributed by atoms with van der Waals surface area (Å²) in [5.41, 5.74) is 1.33. The van der Waals surface area contributed by atoms with Gasteiger partial charge in [-0.2, -0.15) is 0 Å². The van der Waals surface area contributed by atoms with E-state index in [1.54, 1.807) is 0 Å². The summed E-state index contributed by atoms with van der Waals surface area (Å²) in [6.07, 6.45) is 6.13. The van der Waals surface area contributed by atoms with Gasteiger partial charge in [-0.05, 0) is 31.2 Å². The summed E-state index contributed by atoms with van der Waals surface area (Å²) in [5, 5.41) is 3.18. The van der Waals surface area contributed by atoms with E-state index in [4.69, 9.17) is 0 Å². The molecule has 1 aliphatic carbocycles. The fourth-order valence-corrected chi connectivity index (χ4v) is 3.23. The van der Waals surface area contributed by atoms with Gasteiger partial charge in [0.1, 0.15) is 5.82 Å². The number of rotatable bonds is 3. The maximum Gasteiger partial charge on any atom is 0.130 e. The molecule has 2 aliphatic rings. The zero-order chi connectivity index (χ0) is 11.0. The van der Waals surface area contributed by atoms with E-state index < -0.39 is 0 Å². The van der Waals surface area contributed by atoms with Crippen molar-refractivity contribution in [2.45, 2.75) is 31.8 Å². The molecule has 1 saturated carbocycles. The maximum absolute atomic E-state index is 4.36. The highest BCUT2D eigenvalue weighted by atomic mass is 15.2. The van der Waals surface area contributed by atoms with Crippen LogP contribution in [0.4, 0.5) is 5.82 Å². The van der Waals surface area contributed by atoms with Crippen LogP contribution in [0.25, 0.3) is 0 Å². The van der Waals surface area contributed by atoms with Crippen molar-refractivity contribution in [1.29, 1.82) is 0 Å². The Morgan fingerprint density at radius 2 is 2.44 bits per heavy atom. The molecule has 16 heavy (non-hydrogen) atoms. The van der Waals surface area contributed by atoms with Crippen molar-refractivity contribution in [3.8, 4) is 0 Å². The summed E-state index contributed by atoms with van der Waals surface area (Å²) >= 11 is 0. The van der Waals surface area contributed by atoms with Crippen LogP contribution in [0, 0.1) is 5.92 Å². The Hall–Kier alpha value is -1.09. The largest absolute Gasteiger partial charge is 0.373 e. The van der Waals surface area contributed by atoms with Crippen molar-refractivity contribution >= 4 is 5.82 Å². The first-order chi connectivity index (χ1) is 7.86. The van der Waals surface area contributed by atoms with Crippen molar-refractivity contribution in [2.75, 3.05) is 18.9 Å². The van der Waals surface area contributed by atoms with Gasteiger partial charge in [-0.1, -0.05) is 6.07 Å². The molecule has 2 unspecified atom stereocenters. The Kier molecular flexibility index (Phi) is 2.56. The van der Waals surface area contributed by atoms with Gasteiger partial charge in [-0.15, -0.1) is 0 Å². The van der Waals surface area contributed by atoms with Gasteiger partial charge in [0.05, 0.1) is 0 Å². The summed E-state index contributed by atoms with van der Waals surface area (Å²) in [5.74, 6) is 2.00. The number of hydrogen-bond donors (Lipinski definition) is 1. The van der Waals surface area contributed by atoms with E-state index in [1.807, 2.05) is 19.3 Å². The van der Waals surface area contributed by atoms with Gasteiger partial charge in [-0.3, -0.25) is 4.90 Å². The van der Waals surface area contributed by atoms with Crippen molar-refractivity contribution in [3.05, 3.63) is 23.9 Å². The average Bonchev–Trinajstić information content (AvgIpc) is 2.92. The number of piperidine rings is 1. The number of anilines is 1. The molecule has 1 N–H and O–H groups in total. The van der Waals surface area contributed by atoms with Crippen LogP contribution in [0.2, 0.25) is 0 Å². The number of nitrogens with zero attached hydrogens (tertiary/aromatic N) is 2. The lowest BCUT2D eigenvalue weighted by Gasteiger charge is -2.27. The van der Waals surface area contributed by atoms with Crippen LogP contribution in [0.5, 0.6) is 0 Å². The first kappa shape index (κ1) is 10.1. The number of nitrogens with one attached hydrogen (secondary N) is 1. The van der Waals surface area contributed by atoms with E-state index >= 15 is 0 Å². The Balaban J connectivity index is 1.74. The molecule has 3 heteroatoms. The molecular weight excluding hydrogens is 198 g/mol. The monoisotopic (exact) mass is 217 g/mol. The molecule has 86 valence electrons. The van der Waals surface area contributed by atoms with E-state index in [2.05, 4.69) is 21.3 Å². The SMILES string of the molecule is CNc1ncccc1CN1CC2CCC1C2. The summed E-state index contributed by atoms with van der Waals surface area (Å²) < 4.78 is 0. The van der Waals surface area contributed by atoms with Gasteiger partial charge in [0.2, 0.25) is 0 Å². The van der Waals surface area contributed by atoms with Crippen molar-refractivity contribution < 1.29 is 0 Å². The van der Waals surface area contributed by atoms with Gasteiger partial charge >= 0.3 is 0 Å². The molecule has 2 bridgehead atoms. The van der Waals surface area contributed by atoms with Gasteiger partial charge < -0.3 is 5.32 Å². The van der Waals surface area contributed by atoms with E-state index in [9.17, 15) is 0 Å². The van der Waals surface area contributed by atoms with E-state index in [-0.39, 0.29) is 0 Å². The molecule has 0 spiro atoms. The molecule has 1 aromatic heterocycles. The fourth-order valence-electron chi connectivity index (χ4n) is 3.23. The van der Waals surface area contributed by atoms with Crippen LogP contribution in [-0.4, -0.2) is 29.5 Å². The minimum absolute atomic E-state index is 0.843. The Labute approximate surface area is 96.9 Å². The van der Waals surface area contributed by atoms with E-state index in [0.717, 1.165) is 24.3 Å². The second-order valence-corrected chi connectivity index (χ2v) is 5.02. The third kappa shape index (κ3) is 1.69. The summed E-state index contributed by atoms with van der Waals surface area (Å²) in [4.78, 5) is 6.99. The highest BCUT2D eigenvalue weighted by Gasteiger charge is 2.37. The van der Waals surface area contributed by atoms with Crippen LogP contribution in [0.3, 0.4) is 0 Å². The fraction of sp³-hybridized carbons (Fsp3) is 0.615. The van der Waals surface area contributed by atoms with Gasteiger partial charge in [0.15, 0.2) is 0 Å².